The predicted molar refractivity (Wildman–Crippen MR) is 81.9 cm³/mol. The van der Waals surface area contributed by atoms with E-state index in [9.17, 15) is 13.2 Å². The van der Waals surface area contributed by atoms with Gasteiger partial charge in [-0.1, -0.05) is 28.1 Å². The van der Waals surface area contributed by atoms with Crippen molar-refractivity contribution in [1.82, 2.24) is 10.2 Å². The van der Waals surface area contributed by atoms with Crippen LogP contribution in [0.25, 0.3) is 0 Å². The van der Waals surface area contributed by atoms with Crippen LogP contribution in [0.1, 0.15) is 11.6 Å². The largest absolute Gasteiger partial charge is 0.408 e. The third-order valence-corrected chi connectivity index (χ3v) is 3.48. The first-order valence-corrected chi connectivity index (χ1v) is 6.55. The van der Waals surface area contributed by atoms with E-state index in [4.69, 9.17) is 0 Å². The van der Waals surface area contributed by atoms with E-state index >= 15 is 0 Å². The van der Waals surface area contributed by atoms with Crippen molar-refractivity contribution in [1.29, 1.82) is 0 Å². The van der Waals surface area contributed by atoms with E-state index in [1.807, 2.05) is 0 Å². The summed E-state index contributed by atoms with van der Waals surface area (Å²) >= 11 is 3.22. The summed E-state index contributed by atoms with van der Waals surface area (Å²) in [5, 5.41) is 3.07. The van der Waals surface area contributed by atoms with Crippen molar-refractivity contribution in [3.63, 3.8) is 0 Å². The lowest BCUT2D eigenvalue weighted by molar-refractivity contribution is -0.187. The highest BCUT2D eigenvalue weighted by Crippen LogP contribution is 2.38. The van der Waals surface area contributed by atoms with Gasteiger partial charge in [-0.05, 0) is 17.7 Å². The average molecular weight is 396 g/mol. The third-order valence-electron chi connectivity index (χ3n) is 2.99. The predicted octanol–water partition coefficient (Wildman–Crippen LogP) is 3.80. The van der Waals surface area contributed by atoms with Gasteiger partial charge in [0, 0.05) is 30.7 Å². The van der Waals surface area contributed by atoms with Crippen LogP contribution in [0.5, 0.6) is 0 Å². The van der Waals surface area contributed by atoms with Crippen LogP contribution in [-0.4, -0.2) is 37.3 Å². The molecule has 1 saturated heterocycles. The number of alkyl halides is 3. The maximum absolute atomic E-state index is 13.2. The van der Waals surface area contributed by atoms with E-state index < -0.39 is 12.2 Å². The molecule has 0 unspecified atom stereocenters. The molecule has 0 amide bonds. The second kappa shape index (κ2) is 8.44. The van der Waals surface area contributed by atoms with E-state index in [2.05, 4.69) is 21.2 Å². The van der Waals surface area contributed by atoms with Crippen LogP contribution in [-0.2, 0) is 0 Å². The fraction of sp³-hybridized carbons (Fsp3) is 0.500. The molecule has 0 aromatic heterocycles. The normalized spacial score (nSPS) is 17.8. The molecule has 1 fully saturated rings. The molecule has 1 aromatic carbocycles. The Morgan fingerprint density at radius 1 is 1.15 bits per heavy atom. The van der Waals surface area contributed by atoms with Crippen molar-refractivity contribution in [3.05, 3.63) is 34.3 Å². The molecular formula is C12H16BrCl2F3N2. The second-order valence-electron chi connectivity index (χ2n) is 4.29. The van der Waals surface area contributed by atoms with Gasteiger partial charge in [-0.3, -0.25) is 4.90 Å². The summed E-state index contributed by atoms with van der Waals surface area (Å²) in [4.78, 5) is 1.48. The van der Waals surface area contributed by atoms with Crippen molar-refractivity contribution in [2.75, 3.05) is 26.2 Å². The van der Waals surface area contributed by atoms with Gasteiger partial charge in [0.25, 0.3) is 0 Å². The highest BCUT2D eigenvalue weighted by atomic mass is 79.9. The highest BCUT2D eigenvalue weighted by Gasteiger charge is 2.44. The van der Waals surface area contributed by atoms with Crippen LogP contribution in [0.4, 0.5) is 13.2 Å². The molecule has 1 aliphatic rings. The van der Waals surface area contributed by atoms with Crippen LogP contribution in [0.2, 0.25) is 0 Å². The van der Waals surface area contributed by atoms with Gasteiger partial charge in [0.2, 0.25) is 0 Å². The van der Waals surface area contributed by atoms with Gasteiger partial charge in [-0.15, -0.1) is 24.8 Å². The lowest BCUT2D eigenvalue weighted by Gasteiger charge is -2.36. The Labute approximate surface area is 137 Å². The molecule has 20 heavy (non-hydrogen) atoms. The zero-order chi connectivity index (χ0) is 13.2. The minimum absolute atomic E-state index is 0. The summed E-state index contributed by atoms with van der Waals surface area (Å²) in [5.74, 6) is 0. The maximum atomic E-state index is 13.2. The number of halogens is 6. The lowest BCUT2D eigenvalue weighted by Crippen LogP contribution is -2.49. The topological polar surface area (TPSA) is 15.3 Å². The minimum atomic E-state index is -4.25. The molecule has 2 nitrogen and oxygen atoms in total. The molecule has 0 radical (unpaired) electrons. The number of piperazine rings is 1. The zero-order valence-corrected chi connectivity index (χ0v) is 13.7. The molecular weight excluding hydrogens is 380 g/mol. The first kappa shape index (κ1) is 20.0. The Morgan fingerprint density at radius 3 is 2.25 bits per heavy atom. The number of hydrogen-bond donors (Lipinski definition) is 1. The molecule has 1 heterocycles. The molecule has 1 N–H and O–H groups in total. The molecule has 1 atom stereocenters. The van der Waals surface area contributed by atoms with Gasteiger partial charge < -0.3 is 5.32 Å². The second-order valence-corrected chi connectivity index (χ2v) is 5.20. The van der Waals surface area contributed by atoms with Gasteiger partial charge in [0.05, 0.1) is 0 Å². The first-order chi connectivity index (χ1) is 8.48. The van der Waals surface area contributed by atoms with E-state index in [-0.39, 0.29) is 24.8 Å². The summed E-state index contributed by atoms with van der Waals surface area (Å²) in [5.41, 5.74) is 0.291. The number of rotatable bonds is 2. The monoisotopic (exact) mass is 394 g/mol. The Morgan fingerprint density at radius 2 is 1.75 bits per heavy atom. The summed E-state index contributed by atoms with van der Waals surface area (Å²) in [6.45, 7) is 2.02. The van der Waals surface area contributed by atoms with Crippen LogP contribution in [0.3, 0.4) is 0 Å². The summed E-state index contributed by atoms with van der Waals surface area (Å²) < 4.78 is 40.4. The maximum Gasteiger partial charge on any atom is 0.408 e. The molecule has 0 spiro atoms. The Kier molecular flexibility index (Phi) is 8.43. The fourth-order valence-corrected chi connectivity index (χ4v) is 2.64. The summed E-state index contributed by atoms with van der Waals surface area (Å²) in [6, 6.07) is 4.93. The fourth-order valence-electron chi connectivity index (χ4n) is 2.22. The molecule has 116 valence electrons. The molecule has 8 heteroatoms. The Balaban J connectivity index is 0.00000180. The third kappa shape index (κ3) is 5.07. The lowest BCUT2D eigenvalue weighted by atomic mass is 10.0. The van der Waals surface area contributed by atoms with Gasteiger partial charge in [0.1, 0.15) is 6.04 Å². The van der Waals surface area contributed by atoms with E-state index in [0.29, 0.717) is 36.2 Å². The standard InChI is InChI=1S/C12H14BrF3N2.2ClH/c13-10-3-1-2-9(8-10)11(12(14,15)16)18-6-4-17-5-7-18;;/h1-3,8,11,17H,4-7H2;2*1H/t11-;;/m1../s1. The van der Waals surface area contributed by atoms with Gasteiger partial charge in [-0.2, -0.15) is 13.2 Å². The number of nitrogens with zero attached hydrogens (tertiary/aromatic N) is 1. The highest BCUT2D eigenvalue weighted by molar-refractivity contribution is 9.10. The van der Waals surface area contributed by atoms with E-state index in [1.54, 1.807) is 18.2 Å². The van der Waals surface area contributed by atoms with Crippen molar-refractivity contribution in [2.45, 2.75) is 12.2 Å². The SMILES string of the molecule is Cl.Cl.FC(F)(F)[C@@H](c1cccc(Br)c1)N1CCNCC1. The molecule has 2 rings (SSSR count). The summed E-state index contributed by atoms with van der Waals surface area (Å²) in [7, 11) is 0. The minimum Gasteiger partial charge on any atom is -0.314 e. The number of hydrogen-bond acceptors (Lipinski definition) is 2. The van der Waals surface area contributed by atoms with Crippen molar-refractivity contribution >= 4 is 40.7 Å². The van der Waals surface area contributed by atoms with Gasteiger partial charge in [0.15, 0.2) is 0 Å². The molecule has 1 aliphatic heterocycles. The number of nitrogens with one attached hydrogen (secondary N) is 1. The molecule has 0 bridgehead atoms. The van der Waals surface area contributed by atoms with Crippen LogP contribution in [0.15, 0.2) is 28.7 Å². The van der Waals surface area contributed by atoms with E-state index in [1.165, 1.54) is 11.0 Å². The average Bonchev–Trinajstić information content (AvgIpc) is 2.28. The van der Waals surface area contributed by atoms with Crippen LogP contribution < -0.4 is 5.32 Å². The van der Waals surface area contributed by atoms with Gasteiger partial charge in [-0.25, -0.2) is 0 Å². The number of benzene rings is 1. The van der Waals surface area contributed by atoms with Crippen molar-refractivity contribution < 1.29 is 13.2 Å². The quantitative estimate of drug-likeness (QED) is 0.819. The Bertz CT molecular complexity index is 412. The van der Waals surface area contributed by atoms with Crippen LogP contribution >= 0.6 is 40.7 Å². The van der Waals surface area contributed by atoms with E-state index in [0.717, 1.165) is 0 Å². The Hall–Kier alpha value is -0.0100. The van der Waals surface area contributed by atoms with Crippen molar-refractivity contribution in [2.24, 2.45) is 0 Å². The zero-order valence-electron chi connectivity index (χ0n) is 10.5. The van der Waals surface area contributed by atoms with Gasteiger partial charge >= 0.3 is 6.18 Å². The van der Waals surface area contributed by atoms with Crippen molar-refractivity contribution in [3.8, 4) is 0 Å². The molecule has 0 aliphatic carbocycles. The molecule has 0 saturated carbocycles. The van der Waals surface area contributed by atoms with Crippen LogP contribution in [0, 0.1) is 0 Å². The first-order valence-electron chi connectivity index (χ1n) is 5.75. The smallest absolute Gasteiger partial charge is 0.314 e. The summed E-state index contributed by atoms with van der Waals surface area (Å²) in [6.07, 6.45) is -4.25. The molecule has 1 aromatic rings.